The number of thiazole rings is 1. The molecule has 0 atom stereocenters. The van der Waals surface area contributed by atoms with Crippen LogP contribution in [0.5, 0.6) is 0 Å². The summed E-state index contributed by atoms with van der Waals surface area (Å²) < 4.78 is 0. The molecule has 0 aliphatic heterocycles. The van der Waals surface area contributed by atoms with Crippen LogP contribution >= 0.6 is 11.3 Å². The van der Waals surface area contributed by atoms with E-state index in [1.807, 2.05) is 35.2 Å². The Hall–Kier alpha value is -1.88. The molecular weight excluding hydrogens is 258 g/mol. The van der Waals surface area contributed by atoms with Gasteiger partial charge in [0, 0.05) is 22.7 Å². The highest BCUT2D eigenvalue weighted by Crippen LogP contribution is 2.30. The average Bonchev–Trinajstić information content (AvgIpc) is 3.14. The monoisotopic (exact) mass is 273 g/mol. The molecule has 1 aliphatic carbocycles. The van der Waals surface area contributed by atoms with E-state index in [0.717, 1.165) is 29.9 Å². The summed E-state index contributed by atoms with van der Waals surface area (Å²) in [7, 11) is 0. The van der Waals surface area contributed by atoms with Crippen LogP contribution in [-0.2, 0) is 11.3 Å². The molecule has 0 unspecified atom stereocenters. The van der Waals surface area contributed by atoms with Crippen LogP contribution in [0.1, 0.15) is 18.5 Å². The van der Waals surface area contributed by atoms with Crippen molar-refractivity contribution in [2.75, 3.05) is 10.6 Å². The summed E-state index contributed by atoms with van der Waals surface area (Å²) >= 11 is 1.59. The van der Waals surface area contributed by atoms with Gasteiger partial charge in [0.1, 0.15) is 0 Å². The lowest BCUT2D eigenvalue weighted by Gasteiger charge is -2.08. The van der Waals surface area contributed by atoms with Gasteiger partial charge in [-0.3, -0.25) is 4.79 Å². The van der Waals surface area contributed by atoms with E-state index in [-0.39, 0.29) is 11.8 Å². The Labute approximate surface area is 115 Å². The van der Waals surface area contributed by atoms with Gasteiger partial charge < -0.3 is 10.6 Å². The summed E-state index contributed by atoms with van der Waals surface area (Å²) in [5.41, 5.74) is 4.68. The summed E-state index contributed by atoms with van der Waals surface area (Å²) in [5.74, 6) is 0.364. The van der Waals surface area contributed by atoms with Crippen LogP contribution < -0.4 is 10.6 Å². The Morgan fingerprint density at radius 2 is 2.21 bits per heavy atom. The number of rotatable bonds is 5. The molecule has 1 heterocycles. The van der Waals surface area contributed by atoms with Gasteiger partial charge in [0.15, 0.2) is 0 Å². The Kier molecular flexibility index (Phi) is 3.46. The number of carbonyl (C=O) groups excluding carboxylic acids is 1. The molecule has 0 radical (unpaired) electrons. The molecule has 0 spiro atoms. The number of nitrogens with one attached hydrogen (secondary N) is 2. The largest absolute Gasteiger partial charge is 0.379 e. The molecule has 19 heavy (non-hydrogen) atoms. The fourth-order valence-electron chi connectivity index (χ4n) is 1.81. The van der Waals surface area contributed by atoms with Gasteiger partial charge in [-0.05, 0) is 31.0 Å². The minimum Gasteiger partial charge on any atom is -0.379 e. The number of hydrogen-bond acceptors (Lipinski definition) is 4. The second kappa shape index (κ2) is 5.40. The molecule has 3 rings (SSSR count). The Balaban J connectivity index is 1.60. The summed E-state index contributed by atoms with van der Waals surface area (Å²) in [6.07, 6.45) is 2.04. The Morgan fingerprint density at radius 3 is 2.95 bits per heavy atom. The van der Waals surface area contributed by atoms with Crippen molar-refractivity contribution >= 4 is 28.6 Å². The van der Waals surface area contributed by atoms with Crippen LogP contribution in [0.3, 0.4) is 0 Å². The van der Waals surface area contributed by atoms with Crippen molar-refractivity contribution in [1.82, 2.24) is 4.98 Å². The number of nitrogens with zero attached hydrogens (tertiary/aromatic N) is 1. The van der Waals surface area contributed by atoms with E-state index in [1.54, 1.807) is 11.3 Å². The van der Waals surface area contributed by atoms with Crippen molar-refractivity contribution in [3.63, 3.8) is 0 Å². The molecule has 1 fully saturated rings. The van der Waals surface area contributed by atoms with E-state index in [2.05, 4.69) is 15.6 Å². The van der Waals surface area contributed by atoms with Crippen molar-refractivity contribution in [3.05, 3.63) is 40.8 Å². The topological polar surface area (TPSA) is 54.0 Å². The predicted octanol–water partition coefficient (Wildman–Crippen LogP) is 3.10. The van der Waals surface area contributed by atoms with Gasteiger partial charge in [-0.2, -0.15) is 0 Å². The molecule has 98 valence electrons. The molecule has 5 heteroatoms. The van der Waals surface area contributed by atoms with Gasteiger partial charge >= 0.3 is 0 Å². The van der Waals surface area contributed by atoms with E-state index in [0.29, 0.717) is 6.54 Å². The highest BCUT2D eigenvalue weighted by Gasteiger charge is 2.29. The Morgan fingerprint density at radius 1 is 1.37 bits per heavy atom. The number of anilines is 2. The molecule has 0 bridgehead atoms. The summed E-state index contributed by atoms with van der Waals surface area (Å²) in [5, 5.41) is 8.26. The van der Waals surface area contributed by atoms with E-state index < -0.39 is 0 Å². The molecule has 1 saturated carbocycles. The lowest BCUT2D eigenvalue weighted by atomic mass is 10.2. The molecule has 1 aliphatic rings. The molecular formula is C14H15N3OS. The van der Waals surface area contributed by atoms with Gasteiger partial charge in [0.05, 0.1) is 17.7 Å². The summed E-state index contributed by atoms with van der Waals surface area (Å²) in [6.45, 7) is 0.698. The quantitative estimate of drug-likeness (QED) is 0.880. The first-order valence-electron chi connectivity index (χ1n) is 6.33. The third kappa shape index (κ3) is 3.32. The first-order valence-corrected chi connectivity index (χ1v) is 7.27. The van der Waals surface area contributed by atoms with Gasteiger partial charge in [0.25, 0.3) is 0 Å². The number of benzene rings is 1. The van der Waals surface area contributed by atoms with Crippen molar-refractivity contribution in [1.29, 1.82) is 0 Å². The molecule has 2 N–H and O–H groups in total. The van der Waals surface area contributed by atoms with E-state index in [4.69, 9.17) is 0 Å². The number of aromatic nitrogens is 1. The maximum Gasteiger partial charge on any atom is 0.227 e. The summed E-state index contributed by atoms with van der Waals surface area (Å²) in [4.78, 5) is 15.9. The van der Waals surface area contributed by atoms with Gasteiger partial charge in [-0.15, -0.1) is 11.3 Å². The van der Waals surface area contributed by atoms with Crippen molar-refractivity contribution in [2.45, 2.75) is 19.4 Å². The van der Waals surface area contributed by atoms with Crippen LogP contribution in [0.2, 0.25) is 0 Å². The number of hydrogen-bond donors (Lipinski definition) is 2. The third-order valence-corrected chi connectivity index (χ3v) is 3.67. The van der Waals surface area contributed by atoms with Gasteiger partial charge in [0.2, 0.25) is 5.91 Å². The van der Waals surface area contributed by atoms with Gasteiger partial charge in [-0.25, -0.2) is 4.98 Å². The normalized spacial score (nSPS) is 14.1. The minimum absolute atomic E-state index is 0.136. The third-order valence-electron chi connectivity index (χ3n) is 3.04. The SMILES string of the molecule is O=C(Nc1cccc(NCc2cscn2)c1)C1CC1. The maximum atomic E-state index is 11.7. The zero-order chi connectivity index (χ0) is 13.1. The van der Waals surface area contributed by atoms with E-state index in [9.17, 15) is 4.79 Å². The highest BCUT2D eigenvalue weighted by molar-refractivity contribution is 7.07. The average molecular weight is 273 g/mol. The van der Waals surface area contributed by atoms with Crippen LogP contribution in [0.15, 0.2) is 35.2 Å². The predicted molar refractivity (Wildman–Crippen MR) is 77.2 cm³/mol. The smallest absolute Gasteiger partial charge is 0.227 e. The summed E-state index contributed by atoms with van der Waals surface area (Å²) in [6, 6.07) is 7.78. The van der Waals surface area contributed by atoms with Crippen molar-refractivity contribution in [3.8, 4) is 0 Å². The number of amides is 1. The van der Waals surface area contributed by atoms with Crippen LogP contribution in [0.4, 0.5) is 11.4 Å². The first-order chi connectivity index (χ1) is 9.31. The fraction of sp³-hybridized carbons (Fsp3) is 0.286. The van der Waals surface area contributed by atoms with Crippen molar-refractivity contribution < 1.29 is 4.79 Å². The molecule has 2 aromatic rings. The lowest BCUT2D eigenvalue weighted by Crippen LogP contribution is -2.13. The second-order valence-corrected chi connectivity index (χ2v) is 5.40. The maximum absolute atomic E-state index is 11.7. The van der Waals surface area contributed by atoms with Crippen LogP contribution in [0, 0.1) is 5.92 Å². The fourth-order valence-corrected chi connectivity index (χ4v) is 2.37. The molecule has 1 aromatic heterocycles. The van der Waals surface area contributed by atoms with Crippen LogP contribution in [0.25, 0.3) is 0 Å². The first kappa shape index (κ1) is 12.2. The van der Waals surface area contributed by atoms with Gasteiger partial charge in [-0.1, -0.05) is 6.07 Å². The minimum atomic E-state index is 0.136. The van der Waals surface area contributed by atoms with Crippen molar-refractivity contribution in [2.24, 2.45) is 5.92 Å². The molecule has 1 aromatic carbocycles. The van der Waals surface area contributed by atoms with E-state index >= 15 is 0 Å². The lowest BCUT2D eigenvalue weighted by molar-refractivity contribution is -0.117. The molecule has 1 amide bonds. The standard InChI is InChI=1S/C14H15N3OS/c18-14(10-4-5-10)17-12-3-1-2-11(6-12)15-7-13-8-19-9-16-13/h1-3,6,8-10,15H,4-5,7H2,(H,17,18). The second-order valence-electron chi connectivity index (χ2n) is 4.68. The van der Waals surface area contributed by atoms with Crippen LogP contribution in [-0.4, -0.2) is 10.9 Å². The zero-order valence-electron chi connectivity index (χ0n) is 10.4. The highest BCUT2D eigenvalue weighted by atomic mass is 32.1. The molecule has 0 saturated heterocycles. The number of carbonyl (C=O) groups is 1. The Bertz CT molecular complexity index is 564. The molecule has 4 nitrogen and oxygen atoms in total. The van der Waals surface area contributed by atoms with E-state index in [1.165, 1.54) is 0 Å². The zero-order valence-corrected chi connectivity index (χ0v) is 11.2.